The molecule has 0 aliphatic carbocycles. The summed E-state index contributed by atoms with van der Waals surface area (Å²) < 4.78 is 16.1. The van der Waals surface area contributed by atoms with Crippen molar-refractivity contribution in [2.75, 3.05) is 33.5 Å². The number of benzene rings is 1. The van der Waals surface area contributed by atoms with Gasteiger partial charge in [0.05, 0.1) is 6.61 Å². The van der Waals surface area contributed by atoms with Crippen molar-refractivity contribution in [2.24, 2.45) is 5.84 Å². The molecule has 0 spiro atoms. The van der Waals surface area contributed by atoms with Crippen molar-refractivity contribution in [3.63, 3.8) is 0 Å². The maximum atomic E-state index is 5.74. The molecule has 1 aromatic carbocycles. The summed E-state index contributed by atoms with van der Waals surface area (Å²) in [5.41, 5.74) is 3.93. The summed E-state index contributed by atoms with van der Waals surface area (Å²) in [6, 6.07) is 8.00. The zero-order chi connectivity index (χ0) is 14.6. The Labute approximate surface area is 121 Å². The Morgan fingerprint density at radius 2 is 2.00 bits per heavy atom. The zero-order valence-corrected chi connectivity index (χ0v) is 12.4. The first kappa shape index (κ1) is 16.9. The molecular weight excluding hydrogens is 256 g/mol. The normalized spacial score (nSPS) is 12.3. The van der Waals surface area contributed by atoms with Gasteiger partial charge < -0.3 is 14.2 Å². The Morgan fingerprint density at radius 3 is 2.70 bits per heavy atom. The first-order valence-corrected chi connectivity index (χ1v) is 7.08. The van der Waals surface area contributed by atoms with Crippen LogP contribution in [0.3, 0.4) is 0 Å². The van der Waals surface area contributed by atoms with Crippen LogP contribution < -0.4 is 16.0 Å². The van der Waals surface area contributed by atoms with E-state index in [0.717, 1.165) is 37.4 Å². The summed E-state index contributed by atoms with van der Waals surface area (Å²) in [5.74, 6) is 6.52. The molecule has 1 unspecified atom stereocenters. The second-order valence-corrected chi connectivity index (χ2v) is 4.44. The van der Waals surface area contributed by atoms with Crippen molar-refractivity contribution in [1.29, 1.82) is 0 Å². The van der Waals surface area contributed by atoms with Gasteiger partial charge >= 0.3 is 0 Å². The monoisotopic (exact) mass is 282 g/mol. The van der Waals surface area contributed by atoms with Crippen LogP contribution in [0.1, 0.15) is 31.4 Å². The average Bonchev–Trinajstić information content (AvgIpc) is 2.49. The van der Waals surface area contributed by atoms with Gasteiger partial charge in [-0.05, 0) is 25.8 Å². The van der Waals surface area contributed by atoms with Crippen molar-refractivity contribution in [3.8, 4) is 5.75 Å². The fourth-order valence-corrected chi connectivity index (χ4v) is 2.00. The van der Waals surface area contributed by atoms with Crippen LogP contribution in [0.2, 0.25) is 0 Å². The lowest BCUT2D eigenvalue weighted by Crippen LogP contribution is -2.28. The van der Waals surface area contributed by atoms with E-state index >= 15 is 0 Å². The van der Waals surface area contributed by atoms with E-state index in [1.807, 2.05) is 31.2 Å². The lowest BCUT2D eigenvalue weighted by atomic mass is 10.0. The summed E-state index contributed by atoms with van der Waals surface area (Å²) >= 11 is 0. The molecule has 1 atom stereocenters. The van der Waals surface area contributed by atoms with Crippen LogP contribution in [-0.4, -0.2) is 33.5 Å². The molecule has 0 saturated carbocycles. The van der Waals surface area contributed by atoms with E-state index in [1.165, 1.54) is 0 Å². The van der Waals surface area contributed by atoms with Crippen molar-refractivity contribution in [2.45, 2.75) is 25.8 Å². The Hall–Kier alpha value is -1.14. The molecule has 1 aromatic rings. The van der Waals surface area contributed by atoms with E-state index in [1.54, 1.807) is 7.11 Å². The SMILES string of the molecule is CCOCCCC(NN)c1ccccc1OCCOC. The molecular formula is C15H26N2O3. The Morgan fingerprint density at radius 1 is 1.20 bits per heavy atom. The molecule has 0 bridgehead atoms. The third-order valence-electron chi connectivity index (χ3n) is 3.03. The maximum Gasteiger partial charge on any atom is 0.124 e. The van der Waals surface area contributed by atoms with Gasteiger partial charge in [0.15, 0.2) is 0 Å². The predicted octanol–water partition coefficient (Wildman–Crippen LogP) is 2.03. The standard InChI is InChI=1S/C15H26N2O3/c1-3-19-10-6-8-14(17-16)13-7-4-5-9-15(13)20-12-11-18-2/h4-5,7,9,14,17H,3,6,8,10-12,16H2,1-2H3. The van der Waals surface area contributed by atoms with E-state index in [2.05, 4.69) is 5.43 Å². The lowest BCUT2D eigenvalue weighted by molar-refractivity contribution is 0.139. The minimum absolute atomic E-state index is 0.0641. The molecule has 0 aliphatic heterocycles. The van der Waals surface area contributed by atoms with Crippen molar-refractivity contribution < 1.29 is 14.2 Å². The van der Waals surface area contributed by atoms with E-state index in [9.17, 15) is 0 Å². The van der Waals surface area contributed by atoms with Crippen LogP contribution in [0.25, 0.3) is 0 Å². The number of nitrogens with two attached hydrogens (primary N) is 1. The lowest BCUT2D eigenvalue weighted by Gasteiger charge is -2.20. The topological polar surface area (TPSA) is 65.7 Å². The number of nitrogens with one attached hydrogen (secondary N) is 1. The Bertz CT molecular complexity index is 361. The summed E-state index contributed by atoms with van der Waals surface area (Å²) in [6.07, 6.45) is 1.86. The van der Waals surface area contributed by atoms with Crippen LogP contribution in [0.5, 0.6) is 5.75 Å². The van der Waals surface area contributed by atoms with Crippen LogP contribution in [0.15, 0.2) is 24.3 Å². The zero-order valence-electron chi connectivity index (χ0n) is 12.4. The maximum absolute atomic E-state index is 5.74. The van der Waals surface area contributed by atoms with Crippen molar-refractivity contribution in [1.82, 2.24) is 5.43 Å². The molecule has 5 nitrogen and oxygen atoms in total. The van der Waals surface area contributed by atoms with Crippen LogP contribution in [-0.2, 0) is 9.47 Å². The predicted molar refractivity (Wildman–Crippen MR) is 79.6 cm³/mol. The van der Waals surface area contributed by atoms with E-state index < -0.39 is 0 Å². The van der Waals surface area contributed by atoms with E-state index in [-0.39, 0.29) is 6.04 Å². The highest BCUT2D eigenvalue weighted by Crippen LogP contribution is 2.27. The number of hydrogen-bond acceptors (Lipinski definition) is 5. The summed E-state index contributed by atoms with van der Waals surface area (Å²) in [4.78, 5) is 0. The first-order chi connectivity index (χ1) is 9.83. The molecule has 0 aromatic heterocycles. The largest absolute Gasteiger partial charge is 0.491 e. The third-order valence-corrected chi connectivity index (χ3v) is 3.03. The van der Waals surface area contributed by atoms with Gasteiger partial charge in [-0.15, -0.1) is 0 Å². The van der Waals surface area contributed by atoms with Crippen LogP contribution in [0.4, 0.5) is 0 Å². The molecule has 1 rings (SSSR count). The highest BCUT2D eigenvalue weighted by Gasteiger charge is 2.14. The third kappa shape index (κ3) is 5.88. The minimum Gasteiger partial charge on any atom is -0.491 e. The smallest absolute Gasteiger partial charge is 0.124 e. The number of ether oxygens (including phenoxy) is 3. The van der Waals surface area contributed by atoms with Crippen LogP contribution >= 0.6 is 0 Å². The van der Waals surface area contributed by atoms with Gasteiger partial charge in [0.25, 0.3) is 0 Å². The minimum atomic E-state index is 0.0641. The number of methoxy groups -OCH3 is 1. The summed E-state index contributed by atoms with van der Waals surface area (Å²) in [6.45, 7) is 4.60. The van der Waals surface area contributed by atoms with Crippen molar-refractivity contribution in [3.05, 3.63) is 29.8 Å². The highest BCUT2D eigenvalue weighted by molar-refractivity contribution is 5.35. The fraction of sp³-hybridized carbons (Fsp3) is 0.600. The van der Waals surface area contributed by atoms with Gasteiger partial charge in [0, 0.05) is 31.9 Å². The number of hydrazine groups is 1. The highest BCUT2D eigenvalue weighted by atomic mass is 16.5. The number of para-hydroxylation sites is 1. The number of rotatable bonds is 11. The molecule has 20 heavy (non-hydrogen) atoms. The molecule has 114 valence electrons. The molecule has 0 amide bonds. The fourth-order valence-electron chi connectivity index (χ4n) is 2.00. The van der Waals surface area contributed by atoms with Crippen LogP contribution in [0, 0.1) is 0 Å². The first-order valence-electron chi connectivity index (χ1n) is 7.08. The second kappa shape index (κ2) is 10.6. The number of hydrogen-bond donors (Lipinski definition) is 2. The van der Waals surface area contributed by atoms with Gasteiger partial charge in [-0.25, -0.2) is 0 Å². The van der Waals surface area contributed by atoms with E-state index in [4.69, 9.17) is 20.1 Å². The average molecular weight is 282 g/mol. The molecule has 0 aliphatic rings. The van der Waals surface area contributed by atoms with E-state index in [0.29, 0.717) is 13.2 Å². The second-order valence-electron chi connectivity index (χ2n) is 4.44. The quantitative estimate of drug-likeness (QED) is 0.369. The Balaban J connectivity index is 2.60. The molecule has 0 fully saturated rings. The van der Waals surface area contributed by atoms with Gasteiger partial charge in [0.1, 0.15) is 12.4 Å². The summed E-state index contributed by atoms with van der Waals surface area (Å²) in [7, 11) is 1.66. The summed E-state index contributed by atoms with van der Waals surface area (Å²) in [5, 5.41) is 0. The molecule has 3 N–H and O–H groups in total. The van der Waals surface area contributed by atoms with Gasteiger partial charge in [-0.3, -0.25) is 11.3 Å². The molecule has 5 heteroatoms. The molecule has 0 heterocycles. The van der Waals surface area contributed by atoms with Gasteiger partial charge in [-0.2, -0.15) is 0 Å². The van der Waals surface area contributed by atoms with Gasteiger partial charge in [0.2, 0.25) is 0 Å². The molecule has 0 radical (unpaired) electrons. The van der Waals surface area contributed by atoms with Gasteiger partial charge in [-0.1, -0.05) is 18.2 Å². The molecule has 0 saturated heterocycles. The Kier molecular flexibility index (Phi) is 8.98. The van der Waals surface area contributed by atoms with Crippen molar-refractivity contribution >= 4 is 0 Å².